The van der Waals surface area contributed by atoms with Crippen LogP contribution in [0.25, 0.3) is 0 Å². The lowest BCUT2D eigenvalue weighted by Crippen LogP contribution is -2.41. The van der Waals surface area contributed by atoms with Gasteiger partial charge in [0.1, 0.15) is 5.15 Å². The molecule has 0 spiro atoms. The second-order valence-electron chi connectivity index (χ2n) is 5.03. The molecule has 0 N–H and O–H groups in total. The van der Waals surface area contributed by atoms with E-state index in [1.165, 1.54) is 18.3 Å². The van der Waals surface area contributed by atoms with Crippen LogP contribution in [0.2, 0.25) is 5.15 Å². The van der Waals surface area contributed by atoms with Crippen LogP contribution in [0.5, 0.6) is 0 Å². The molecule has 0 aromatic carbocycles. The molecule has 0 aliphatic carbocycles. The number of nitrogens with zero attached hydrogens (tertiary/aromatic N) is 2. The number of piperidine rings is 1. The number of ether oxygens (including phenoxy) is 1. The number of carbonyl (C=O) groups is 2. The van der Waals surface area contributed by atoms with Gasteiger partial charge in [0, 0.05) is 19.3 Å². The Morgan fingerprint density at radius 2 is 2.35 bits per heavy atom. The number of amides is 1. The number of esters is 1. The number of likely N-dealkylation sites (tertiary alicyclic amines) is 1. The molecule has 1 aliphatic heterocycles. The quantitative estimate of drug-likeness (QED) is 0.633. The van der Waals surface area contributed by atoms with Crippen molar-refractivity contribution < 1.29 is 14.3 Å². The lowest BCUT2D eigenvalue weighted by molar-refractivity contribution is -0.136. The third-order valence-corrected chi connectivity index (χ3v) is 3.51. The highest BCUT2D eigenvalue weighted by Gasteiger charge is 2.22. The van der Waals surface area contributed by atoms with Gasteiger partial charge in [0.25, 0.3) is 5.91 Å². The summed E-state index contributed by atoms with van der Waals surface area (Å²) in [5, 5.41) is 0.218. The first-order valence-electron chi connectivity index (χ1n) is 6.62. The van der Waals surface area contributed by atoms with Crippen molar-refractivity contribution in [1.29, 1.82) is 0 Å². The Morgan fingerprint density at radius 1 is 1.55 bits per heavy atom. The molecule has 2 heterocycles. The van der Waals surface area contributed by atoms with Gasteiger partial charge < -0.3 is 9.64 Å². The maximum absolute atomic E-state index is 12.0. The zero-order chi connectivity index (χ0) is 14.5. The van der Waals surface area contributed by atoms with Crippen molar-refractivity contribution in [2.45, 2.75) is 19.8 Å². The Hall–Kier alpha value is -1.62. The summed E-state index contributed by atoms with van der Waals surface area (Å²) in [5.74, 6) is -0.208. The topological polar surface area (TPSA) is 59.5 Å². The van der Waals surface area contributed by atoms with E-state index in [9.17, 15) is 9.59 Å². The number of carbonyl (C=O) groups excluding carboxylic acids is 2. The number of hydrogen-bond acceptors (Lipinski definition) is 4. The van der Waals surface area contributed by atoms with Gasteiger partial charge in [-0.1, -0.05) is 18.5 Å². The van der Waals surface area contributed by atoms with E-state index in [-0.39, 0.29) is 17.7 Å². The standard InChI is InChI=1S/C14H17ClN2O3/c1-10-3-2-6-17(8-10)13(18)9-20-14(19)11-4-5-16-12(15)7-11/h4-5,7,10H,2-3,6,8-9H2,1H3. The van der Waals surface area contributed by atoms with E-state index in [0.717, 1.165) is 25.9 Å². The lowest BCUT2D eigenvalue weighted by Gasteiger charge is -2.30. The fraction of sp³-hybridized carbons (Fsp3) is 0.500. The third-order valence-electron chi connectivity index (χ3n) is 3.30. The Morgan fingerprint density at radius 3 is 3.05 bits per heavy atom. The molecule has 20 heavy (non-hydrogen) atoms. The van der Waals surface area contributed by atoms with Gasteiger partial charge in [0.2, 0.25) is 0 Å². The summed E-state index contributed by atoms with van der Waals surface area (Å²) in [7, 11) is 0. The van der Waals surface area contributed by atoms with Crippen LogP contribution in [-0.4, -0.2) is 41.5 Å². The van der Waals surface area contributed by atoms with E-state index >= 15 is 0 Å². The minimum Gasteiger partial charge on any atom is -0.452 e. The maximum atomic E-state index is 12.0. The van der Waals surface area contributed by atoms with Crippen LogP contribution in [0.1, 0.15) is 30.1 Å². The van der Waals surface area contributed by atoms with Crippen LogP contribution in [0.15, 0.2) is 18.3 Å². The number of rotatable bonds is 3. The Balaban J connectivity index is 1.85. The predicted octanol–water partition coefficient (Wildman–Crippen LogP) is 2.15. The predicted molar refractivity (Wildman–Crippen MR) is 74.5 cm³/mol. The van der Waals surface area contributed by atoms with Gasteiger partial charge in [-0.25, -0.2) is 9.78 Å². The molecule has 0 bridgehead atoms. The highest BCUT2D eigenvalue weighted by Crippen LogP contribution is 2.15. The molecule has 0 radical (unpaired) electrons. The van der Waals surface area contributed by atoms with Crippen molar-refractivity contribution in [3.8, 4) is 0 Å². The van der Waals surface area contributed by atoms with Crippen molar-refractivity contribution >= 4 is 23.5 Å². The number of halogens is 1. The highest BCUT2D eigenvalue weighted by molar-refractivity contribution is 6.29. The van der Waals surface area contributed by atoms with Crippen LogP contribution in [0.4, 0.5) is 0 Å². The maximum Gasteiger partial charge on any atom is 0.338 e. The van der Waals surface area contributed by atoms with Crippen LogP contribution >= 0.6 is 11.6 Å². The molecule has 1 aromatic heterocycles. The van der Waals surface area contributed by atoms with Crippen LogP contribution in [-0.2, 0) is 9.53 Å². The average Bonchev–Trinajstić information content (AvgIpc) is 2.44. The smallest absolute Gasteiger partial charge is 0.338 e. The summed E-state index contributed by atoms with van der Waals surface area (Å²) in [4.78, 5) is 29.3. The second kappa shape index (κ2) is 6.70. The summed E-state index contributed by atoms with van der Waals surface area (Å²) >= 11 is 5.70. The van der Waals surface area contributed by atoms with E-state index in [4.69, 9.17) is 16.3 Å². The fourth-order valence-corrected chi connectivity index (χ4v) is 2.42. The van der Waals surface area contributed by atoms with Gasteiger partial charge in [-0.2, -0.15) is 0 Å². The van der Waals surface area contributed by atoms with E-state index in [0.29, 0.717) is 11.5 Å². The molecular weight excluding hydrogens is 280 g/mol. The van der Waals surface area contributed by atoms with Gasteiger partial charge in [0.15, 0.2) is 6.61 Å². The molecule has 1 saturated heterocycles. The molecule has 0 saturated carbocycles. The van der Waals surface area contributed by atoms with Crippen LogP contribution in [0, 0.1) is 5.92 Å². The monoisotopic (exact) mass is 296 g/mol. The molecule has 5 nitrogen and oxygen atoms in total. The van der Waals surface area contributed by atoms with Crippen molar-refractivity contribution in [3.05, 3.63) is 29.0 Å². The number of pyridine rings is 1. The third kappa shape index (κ3) is 3.93. The SMILES string of the molecule is CC1CCCN(C(=O)COC(=O)c2ccnc(Cl)c2)C1. The van der Waals surface area contributed by atoms with Crippen molar-refractivity contribution in [2.75, 3.05) is 19.7 Å². The van der Waals surface area contributed by atoms with Gasteiger partial charge in [-0.15, -0.1) is 0 Å². The molecule has 1 aromatic rings. The lowest BCUT2D eigenvalue weighted by atomic mass is 10.0. The largest absolute Gasteiger partial charge is 0.452 e. The molecule has 1 unspecified atom stereocenters. The van der Waals surface area contributed by atoms with Gasteiger partial charge in [0.05, 0.1) is 5.56 Å². The Bertz CT molecular complexity index is 507. The molecule has 1 aliphatic rings. The molecule has 6 heteroatoms. The minimum atomic E-state index is -0.562. The van der Waals surface area contributed by atoms with Crippen molar-refractivity contribution in [3.63, 3.8) is 0 Å². The fourth-order valence-electron chi connectivity index (χ4n) is 2.25. The molecule has 1 fully saturated rings. The first-order valence-corrected chi connectivity index (χ1v) is 7.00. The van der Waals surface area contributed by atoms with E-state index < -0.39 is 5.97 Å². The minimum absolute atomic E-state index is 0.148. The van der Waals surface area contributed by atoms with Crippen molar-refractivity contribution in [2.24, 2.45) is 5.92 Å². The average molecular weight is 297 g/mol. The van der Waals surface area contributed by atoms with Crippen LogP contribution in [0.3, 0.4) is 0 Å². The van der Waals surface area contributed by atoms with E-state index in [2.05, 4.69) is 11.9 Å². The highest BCUT2D eigenvalue weighted by atomic mass is 35.5. The van der Waals surface area contributed by atoms with E-state index in [1.54, 1.807) is 4.90 Å². The van der Waals surface area contributed by atoms with E-state index in [1.807, 2.05) is 0 Å². The first-order chi connectivity index (χ1) is 9.56. The summed E-state index contributed by atoms with van der Waals surface area (Å²) in [6.45, 7) is 3.36. The zero-order valence-corrected chi connectivity index (χ0v) is 12.1. The van der Waals surface area contributed by atoms with Gasteiger partial charge in [-0.3, -0.25) is 4.79 Å². The Labute approximate surface area is 122 Å². The number of aromatic nitrogens is 1. The molecule has 1 atom stereocenters. The van der Waals surface area contributed by atoms with Crippen LogP contribution < -0.4 is 0 Å². The van der Waals surface area contributed by atoms with Gasteiger partial charge in [-0.05, 0) is 30.9 Å². The molecule has 1 amide bonds. The zero-order valence-electron chi connectivity index (χ0n) is 11.3. The first kappa shape index (κ1) is 14.8. The second-order valence-corrected chi connectivity index (χ2v) is 5.42. The summed E-state index contributed by atoms with van der Waals surface area (Å²) < 4.78 is 5.02. The molecule has 108 valence electrons. The molecule has 2 rings (SSSR count). The number of hydrogen-bond donors (Lipinski definition) is 0. The molecular formula is C14H17ClN2O3. The normalized spacial score (nSPS) is 18.7. The van der Waals surface area contributed by atoms with Crippen molar-refractivity contribution in [1.82, 2.24) is 9.88 Å². The Kier molecular flexibility index (Phi) is 4.95. The summed E-state index contributed by atoms with van der Waals surface area (Å²) in [6, 6.07) is 2.92. The summed E-state index contributed by atoms with van der Waals surface area (Å²) in [5.41, 5.74) is 0.296. The van der Waals surface area contributed by atoms with Gasteiger partial charge >= 0.3 is 5.97 Å². The summed E-state index contributed by atoms with van der Waals surface area (Å²) in [6.07, 6.45) is 3.56.